The van der Waals surface area contributed by atoms with Crippen LogP contribution in [-0.2, 0) is 4.74 Å². The number of carbonyl (C=O) groups is 2. The number of hydrogen-bond donors (Lipinski definition) is 0. The van der Waals surface area contributed by atoms with E-state index in [4.69, 9.17) is 16.3 Å². The molecule has 0 spiro atoms. The molecule has 0 aliphatic heterocycles. The molecule has 2 heterocycles. The van der Waals surface area contributed by atoms with Crippen LogP contribution in [-0.4, -0.2) is 22.8 Å². The fourth-order valence-electron chi connectivity index (χ4n) is 2.48. The van der Waals surface area contributed by atoms with E-state index < -0.39 is 5.97 Å². The van der Waals surface area contributed by atoms with Gasteiger partial charge in [-0.15, -0.1) is 0 Å². The van der Waals surface area contributed by atoms with Gasteiger partial charge in [0, 0.05) is 16.8 Å². The van der Waals surface area contributed by atoms with Crippen LogP contribution in [0.5, 0.6) is 0 Å². The molecule has 0 fully saturated rings. The molecule has 0 atom stereocenters. The molecule has 0 aliphatic rings. The van der Waals surface area contributed by atoms with E-state index in [2.05, 4.69) is 0 Å². The summed E-state index contributed by atoms with van der Waals surface area (Å²) in [5.74, 6) is -0.648. The summed E-state index contributed by atoms with van der Waals surface area (Å²) in [6, 6.07) is 13.7. The van der Waals surface area contributed by atoms with E-state index in [9.17, 15) is 9.59 Å². The fourth-order valence-corrected chi connectivity index (χ4v) is 2.67. The third-order valence-corrected chi connectivity index (χ3v) is 3.73. The van der Waals surface area contributed by atoms with Gasteiger partial charge in [-0.25, -0.2) is 4.79 Å². The summed E-state index contributed by atoms with van der Waals surface area (Å²) >= 11 is 5.96. The second-order valence-electron chi connectivity index (χ2n) is 4.96. The number of nitrogens with zero attached hydrogens (tertiary/aromatic N) is 1. The van der Waals surface area contributed by atoms with E-state index in [0.717, 1.165) is 0 Å². The Balaban J connectivity index is 2.14. The topological polar surface area (TPSA) is 47.8 Å². The van der Waals surface area contributed by atoms with Gasteiger partial charge in [-0.05, 0) is 37.3 Å². The Morgan fingerprint density at radius 3 is 2.70 bits per heavy atom. The Morgan fingerprint density at radius 1 is 1.13 bits per heavy atom. The summed E-state index contributed by atoms with van der Waals surface area (Å²) in [6.07, 6.45) is 1.75. The van der Waals surface area contributed by atoms with Gasteiger partial charge in [0.1, 0.15) is 0 Å². The number of esters is 1. The number of fused-ring (bicyclic) bond motifs is 1. The second kappa shape index (κ2) is 6.26. The smallest absolute Gasteiger partial charge is 0.340 e. The van der Waals surface area contributed by atoms with Gasteiger partial charge in [-0.1, -0.05) is 29.8 Å². The zero-order valence-corrected chi connectivity index (χ0v) is 13.2. The van der Waals surface area contributed by atoms with Crippen LogP contribution < -0.4 is 0 Å². The highest BCUT2D eigenvalue weighted by Gasteiger charge is 2.21. The maximum Gasteiger partial charge on any atom is 0.340 e. The molecule has 0 saturated carbocycles. The summed E-state index contributed by atoms with van der Waals surface area (Å²) in [5, 5.41) is 0.488. The van der Waals surface area contributed by atoms with Crippen LogP contribution in [0.25, 0.3) is 5.52 Å². The minimum atomic E-state index is -0.443. The lowest BCUT2D eigenvalue weighted by Gasteiger charge is -2.03. The van der Waals surface area contributed by atoms with Gasteiger partial charge >= 0.3 is 5.97 Å². The highest BCUT2D eigenvalue weighted by Crippen LogP contribution is 2.22. The minimum absolute atomic E-state index is 0.204. The van der Waals surface area contributed by atoms with Crippen molar-refractivity contribution in [2.24, 2.45) is 0 Å². The van der Waals surface area contributed by atoms with Crippen molar-refractivity contribution in [1.82, 2.24) is 4.40 Å². The zero-order chi connectivity index (χ0) is 16.4. The molecule has 23 heavy (non-hydrogen) atoms. The van der Waals surface area contributed by atoms with E-state index >= 15 is 0 Å². The van der Waals surface area contributed by atoms with Crippen LogP contribution in [0.3, 0.4) is 0 Å². The average Bonchev–Trinajstić information content (AvgIpc) is 2.94. The fraction of sp³-hybridized carbons (Fsp3) is 0.111. The van der Waals surface area contributed by atoms with Crippen molar-refractivity contribution in [3.05, 3.63) is 76.6 Å². The summed E-state index contributed by atoms with van der Waals surface area (Å²) in [6.45, 7) is 2.02. The van der Waals surface area contributed by atoms with Gasteiger partial charge in [0.05, 0.1) is 23.4 Å². The van der Waals surface area contributed by atoms with Gasteiger partial charge in [0.25, 0.3) is 0 Å². The summed E-state index contributed by atoms with van der Waals surface area (Å²) in [4.78, 5) is 24.9. The molecule has 0 N–H and O–H groups in total. The van der Waals surface area contributed by atoms with Gasteiger partial charge in [-0.2, -0.15) is 0 Å². The molecular weight excluding hydrogens is 314 g/mol. The summed E-state index contributed by atoms with van der Waals surface area (Å²) < 4.78 is 6.76. The lowest BCUT2D eigenvalue weighted by molar-refractivity contribution is 0.0529. The standard InChI is InChI=1S/C18H14ClNO3/c1-2-23-18(22)14-11-16(20-9-4-3-8-15(14)20)17(21)12-6-5-7-13(19)10-12/h3-11H,2H2,1H3. The Hall–Kier alpha value is -2.59. The SMILES string of the molecule is CCOC(=O)c1cc(C(=O)c2cccc(Cl)c2)n2ccccc12. The predicted octanol–water partition coefficient (Wildman–Crippen LogP) is 4.00. The molecule has 1 aromatic carbocycles. The normalized spacial score (nSPS) is 10.7. The van der Waals surface area contributed by atoms with Crippen molar-refractivity contribution >= 4 is 28.9 Å². The Morgan fingerprint density at radius 2 is 1.96 bits per heavy atom. The lowest BCUT2D eigenvalue weighted by Crippen LogP contribution is -2.04. The predicted molar refractivity (Wildman–Crippen MR) is 88.2 cm³/mol. The number of halogens is 1. The molecule has 0 unspecified atom stereocenters. The quantitative estimate of drug-likeness (QED) is 0.537. The number of ketones is 1. The van der Waals surface area contributed by atoms with Crippen LogP contribution in [0.15, 0.2) is 54.7 Å². The summed E-state index contributed by atoms with van der Waals surface area (Å²) in [5.41, 5.74) is 1.87. The monoisotopic (exact) mass is 327 g/mol. The van der Waals surface area contributed by atoms with E-state index in [1.54, 1.807) is 60.0 Å². The number of pyridine rings is 1. The van der Waals surface area contributed by atoms with Gasteiger partial charge in [-0.3, -0.25) is 4.79 Å². The Kier molecular flexibility index (Phi) is 4.17. The first kappa shape index (κ1) is 15.3. The van der Waals surface area contributed by atoms with Gasteiger partial charge < -0.3 is 9.14 Å². The van der Waals surface area contributed by atoms with Crippen molar-refractivity contribution in [3.8, 4) is 0 Å². The number of rotatable bonds is 4. The third kappa shape index (κ3) is 2.85. The molecule has 5 heteroatoms. The first-order valence-corrected chi connectivity index (χ1v) is 7.57. The zero-order valence-electron chi connectivity index (χ0n) is 12.5. The number of benzene rings is 1. The van der Waals surface area contributed by atoms with E-state index in [1.165, 1.54) is 0 Å². The van der Waals surface area contributed by atoms with Crippen LogP contribution in [0.1, 0.15) is 33.3 Å². The first-order chi connectivity index (χ1) is 11.1. The first-order valence-electron chi connectivity index (χ1n) is 7.19. The molecule has 2 aromatic heterocycles. The number of ether oxygens (including phenoxy) is 1. The van der Waals surface area contributed by atoms with E-state index in [-0.39, 0.29) is 12.4 Å². The molecule has 0 aliphatic carbocycles. The second-order valence-corrected chi connectivity index (χ2v) is 5.40. The van der Waals surface area contributed by atoms with Gasteiger partial charge in [0.15, 0.2) is 0 Å². The molecule has 0 amide bonds. The van der Waals surface area contributed by atoms with Crippen molar-refractivity contribution in [2.45, 2.75) is 6.92 Å². The largest absolute Gasteiger partial charge is 0.462 e. The molecule has 0 bridgehead atoms. The lowest BCUT2D eigenvalue weighted by atomic mass is 10.1. The van der Waals surface area contributed by atoms with Crippen LogP contribution >= 0.6 is 11.6 Å². The van der Waals surface area contributed by atoms with Gasteiger partial charge in [0.2, 0.25) is 5.78 Å². The van der Waals surface area contributed by atoms with E-state index in [0.29, 0.717) is 27.4 Å². The maximum absolute atomic E-state index is 12.8. The Labute approximate surface area is 138 Å². The van der Waals surface area contributed by atoms with Crippen LogP contribution in [0.2, 0.25) is 5.02 Å². The Bertz CT molecular complexity index is 898. The van der Waals surface area contributed by atoms with Crippen molar-refractivity contribution in [1.29, 1.82) is 0 Å². The highest BCUT2D eigenvalue weighted by molar-refractivity contribution is 6.31. The molecule has 3 aromatic rings. The molecule has 0 saturated heterocycles. The molecule has 116 valence electrons. The van der Waals surface area contributed by atoms with E-state index in [1.807, 2.05) is 6.07 Å². The van der Waals surface area contributed by atoms with Crippen molar-refractivity contribution in [3.63, 3.8) is 0 Å². The van der Waals surface area contributed by atoms with Crippen molar-refractivity contribution < 1.29 is 14.3 Å². The maximum atomic E-state index is 12.8. The van der Waals surface area contributed by atoms with Crippen molar-refractivity contribution in [2.75, 3.05) is 6.61 Å². The minimum Gasteiger partial charge on any atom is -0.462 e. The molecule has 4 nitrogen and oxygen atoms in total. The highest BCUT2D eigenvalue weighted by atomic mass is 35.5. The third-order valence-electron chi connectivity index (χ3n) is 3.49. The molecule has 0 radical (unpaired) electrons. The van der Waals surface area contributed by atoms with Crippen LogP contribution in [0, 0.1) is 0 Å². The number of carbonyl (C=O) groups excluding carboxylic acids is 2. The molecule has 3 rings (SSSR count). The molecular formula is C18H14ClNO3. The van der Waals surface area contributed by atoms with Crippen LogP contribution in [0.4, 0.5) is 0 Å². The summed E-state index contributed by atoms with van der Waals surface area (Å²) in [7, 11) is 0. The number of aromatic nitrogens is 1. The average molecular weight is 328 g/mol. The number of hydrogen-bond acceptors (Lipinski definition) is 3.